The van der Waals surface area contributed by atoms with Crippen molar-refractivity contribution in [2.24, 2.45) is 4.99 Å². The van der Waals surface area contributed by atoms with E-state index < -0.39 is 0 Å². The van der Waals surface area contributed by atoms with E-state index in [0.29, 0.717) is 0 Å². The SMILES string of the molecule is Cc1cc(C)c(N2c3[c-]c4c(cc3C(C)(C)c3ccccc32)c2ccccc2n4-c2cc(C(C)(C)C)ccn2)[c-]c1C1=N[C@@]2(C)CCCC[C@@H]2O1.[Pt+2]. The fourth-order valence-electron chi connectivity index (χ4n) is 8.86. The standard InChI is InChI=1S/C46H46N4O.Pt/c1-28-23-29(2)38(26-32(28)43-48-46(8)21-14-13-19-41(46)51-43)49-37-18-12-10-16-34(37)45(6,7)35-25-33-31-15-9-11-17-36(31)50(39(33)27-40(35)49)42-24-30(20-22-47-42)44(3,4)5;/h9-12,15-18,20,22-25,41H,13-14,19,21H2,1-8H3;/q-2;+2/t41-,46-;/m0./s1. The van der Waals surface area contributed by atoms with E-state index in [2.05, 4.69) is 150 Å². The summed E-state index contributed by atoms with van der Waals surface area (Å²) in [5.74, 6) is 1.64. The summed E-state index contributed by atoms with van der Waals surface area (Å²) in [4.78, 5) is 12.6. The fraction of sp³-hybridized carbons (Fsp3) is 0.348. The van der Waals surface area contributed by atoms with E-state index in [4.69, 9.17) is 14.7 Å². The molecule has 0 radical (unpaired) electrons. The van der Waals surface area contributed by atoms with E-state index in [9.17, 15) is 0 Å². The average Bonchev–Trinajstić information content (AvgIpc) is 3.62. The molecule has 4 heterocycles. The van der Waals surface area contributed by atoms with Crippen LogP contribution in [0.3, 0.4) is 0 Å². The molecule has 4 aromatic carbocycles. The van der Waals surface area contributed by atoms with Crippen molar-refractivity contribution in [3.05, 3.63) is 125 Å². The maximum absolute atomic E-state index is 6.66. The number of rotatable bonds is 3. The van der Waals surface area contributed by atoms with Crippen molar-refractivity contribution in [3.63, 3.8) is 0 Å². The molecule has 3 aliphatic rings. The number of hydrogen-bond acceptors (Lipinski definition) is 4. The summed E-state index contributed by atoms with van der Waals surface area (Å²) in [6.45, 7) is 18.1. The summed E-state index contributed by atoms with van der Waals surface area (Å²) in [7, 11) is 0. The fourth-order valence-corrected chi connectivity index (χ4v) is 8.86. The number of pyridine rings is 1. The van der Waals surface area contributed by atoms with Crippen LogP contribution in [0.15, 0.2) is 84.0 Å². The van der Waals surface area contributed by atoms with Crippen LogP contribution in [-0.2, 0) is 36.6 Å². The van der Waals surface area contributed by atoms with Gasteiger partial charge in [0.25, 0.3) is 0 Å². The number of aliphatic imine (C=N–C) groups is 1. The normalized spacial score (nSPS) is 20.5. The number of benzene rings is 4. The zero-order valence-corrected chi connectivity index (χ0v) is 33.7. The summed E-state index contributed by atoms with van der Waals surface area (Å²) in [6, 6.07) is 34.5. The third kappa shape index (κ3) is 5.21. The number of ether oxygens (including phenoxy) is 1. The molecule has 0 unspecified atom stereocenters. The van der Waals surface area contributed by atoms with Gasteiger partial charge in [-0.1, -0.05) is 108 Å². The van der Waals surface area contributed by atoms with Gasteiger partial charge in [0.15, 0.2) is 0 Å². The van der Waals surface area contributed by atoms with Crippen molar-refractivity contribution >= 4 is 44.8 Å². The molecule has 6 aromatic rings. The predicted molar refractivity (Wildman–Crippen MR) is 210 cm³/mol. The van der Waals surface area contributed by atoms with Gasteiger partial charge in [-0.25, -0.2) is 4.98 Å². The molecular formula is C46H46N4OPt. The van der Waals surface area contributed by atoms with E-state index in [-0.39, 0.29) is 43.5 Å². The van der Waals surface area contributed by atoms with Crippen molar-refractivity contribution in [1.82, 2.24) is 9.55 Å². The van der Waals surface area contributed by atoms with Crippen molar-refractivity contribution < 1.29 is 25.8 Å². The molecule has 6 heteroatoms. The molecule has 9 rings (SSSR count). The van der Waals surface area contributed by atoms with Crippen LogP contribution >= 0.6 is 0 Å². The molecule has 266 valence electrons. The summed E-state index contributed by atoms with van der Waals surface area (Å²) < 4.78 is 8.96. The van der Waals surface area contributed by atoms with Gasteiger partial charge in [0.2, 0.25) is 0 Å². The summed E-state index contributed by atoms with van der Waals surface area (Å²) >= 11 is 0. The molecule has 52 heavy (non-hydrogen) atoms. The van der Waals surface area contributed by atoms with E-state index in [1.807, 2.05) is 6.20 Å². The topological polar surface area (TPSA) is 42.7 Å². The Balaban J connectivity index is 0.00000387. The van der Waals surface area contributed by atoms with Crippen LogP contribution in [0.5, 0.6) is 0 Å². The second-order valence-electron chi connectivity index (χ2n) is 16.8. The molecule has 1 aliphatic carbocycles. The van der Waals surface area contributed by atoms with Gasteiger partial charge in [-0.15, -0.1) is 40.3 Å². The van der Waals surface area contributed by atoms with E-state index in [1.165, 1.54) is 40.3 Å². The molecule has 1 fully saturated rings. The van der Waals surface area contributed by atoms with Crippen molar-refractivity contribution in [2.75, 3.05) is 4.90 Å². The Morgan fingerprint density at radius 3 is 2.38 bits per heavy atom. The first-order valence-electron chi connectivity index (χ1n) is 18.5. The Kier molecular flexibility index (Phi) is 8.16. The maximum atomic E-state index is 6.66. The summed E-state index contributed by atoms with van der Waals surface area (Å²) in [6.07, 6.45) is 6.58. The Labute approximate surface area is 322 Å². The Bertz CT molecular complexity index is 2430. The number of fused-ring (bicyclic) bond motifs is 6. The van der Waals surface area contributed by atoms with Crippen LogP contribution in [0.25, 0.3) is 27.6 Å². The Hall–Kier alpha value is -4.21. The van der Waals surface area contributed by atoms with Gasteiger partial charge in [-0.05, 0) is 83.5 Å². The number of aryl methyl sites for hydroxylation is 2. The molecule has 2 aliphatic heterocycles. The number of aromatic nitrogens is 2. The number of para-hydroxylation sites is 2. The molecule has 2 atom stereocenters. The smallest absolute Gasteiger partial charge is 0.514 e. The monoisotopic (exact) mass is 865 g/mol. The Morgan fingerprint density at radius 1 is 0.827 bits per heavy atom. The van der Waals surface area contributed by atoms with Crippen LogP contribution < -0.4 is 4.90 Å². The molecule has 0 saturated heterocycles. The van der Waals surface area contributed by atoms with Crippen LogP contribution in [0, 0.1) is 26.0 Å². The molecule has 0 amide bonds. The molecular weight excluding hydrogens is 820 g/mol. The molecule has 0 spiro atoms. The minimum absolute atomic E-state index is 0. The summed E-state index contributed by atoms with van der Waals surface area (Å²) in [5, 5.41) is 2.37. The second-order valence-corrected chi connectivity index (χ2v) is 16.8. The third-order valence-corrected chi connectivity index (χ3v) is 11.8. The van der Waals surface area contributed by atoms with Crippen molar-refractivity contribution in [2.45, 2.75) is 104 Å². The number of anilines is 3. The quantitative estimate of drug-likeness (QED) is 0.166. The van der Waals surface area contributed by atoms with Crippen LogP contribution in [0.4, 0.5) is 17.1 Å². The Morgan fingerprint density at radius 2 is 1.60 bits per heavy atom. The van der Waals surface area contributed by atoms with Crippen molar-refractivity contribution in [1.29, 1.82) is 0 Å². The zero-order valence-electron chi connectivity index (χ0n) is 31.4. The van der Waals surface area contributed by atoms with Crippen LogP contribution in [-0.4, -0.2) is 27.1 Å². The minimum atomic E-state index is -0.273. The largest absolute Gasteiger partial charge is 2.00 e. The minimum Gasteiger partial charge on any atom is -0.514 e. The van der Waals surface area contributed by atoms with Gasteiger partial charge in [0.1, 0.15) is 17.8 Å². The first-order chi connectivity index (χ1) is 24.3. The molecule has 0 N–H and O–H groups in total. The third-order valence-electron chi connectivity index (χ3n) is 11.8. The maximum Gasteiger partial charge on any atom is 2.00 e. The van der Waals surface area contributed by atoms with Gasteiger partial charge in [0.05, 0.1) is 5.54 Å². The molecule has 0 bridgehead atoms. The van der Waals surface area contributed by atoms with E-state index in [1.54, 1.807) is 0 Å². The van der Waals surface area contributed by atoms with Crippen LogP contribution in [0.1, 0.15) is 101 Å². The van der Waals surface area contributed by atoms with Gasteiger partial charge in [0, 0.05) is 17.4 Å². The average molecular weight is 866 g/mol. The predicted octanol–water partition coefficient (Wildman–Crippen LogP) is 11.3. The number of nitrogens with zero attached hydrogens (tertiary/aromatic N) is 4. The zero-order chi connectivity index (χ0) is 35.4. The van der Waals surface area contributed by atoms with E-state index >= 15 is 0 Å². The van der Waals surface area contributed by atoms with E-state index in [0.717, 1.165) is 69.3 Å². The van der Waals surface area contributed by atoms with Gasteiger partial charge < -0.3 is 14.2 Å². The number of hydrogen-bond donors (Lipinski definition) is 0. The molecule has 1 saturated carbocycles. The molecule has 5 nitrogen and oxygen atoms in total. The molecule has 2 aromatic heterocycles. The van der Waals surface area contributed by atoms with Crippen LogP contribution in [0.2, 0.25) is 0 Å². The van der Waals surface area contributed by atoms with Gasteiger partial charge in [-0.2, -0.15) is 6.07 Å². The van der Waals surface area contributed by atoms with Gasteiger partial charge >= 0.3 is 21.1 Å². The summed E-state index contributed by atoms with van der Waals surface area (Å²) in [5.41, 5.74) is 11.8. The van der Waals surface area contributed by atoms with Crippen molar-refractivity contribution in [3.8, 4) is 5.82 Å². The second kappa shape index (κ2) is 12.2. The first-order valence-corrected chi connectivity index (χ1v) is 18.5. The van der Waals surface area contributed by atoms with Gasteiger partial charge in [-0.3, -0.25) is 4.99 Å². The first kappa shape index (κ1) is 34.9.